The molecule has 0 aliphatic heterocycles. The van der Waals surface area contributed by atoms with Gasteiger partial charge in [-0.05, 0) is 58.1 Å². The second-order valence-corrected chi connectivity index (χ2v) is 9.50. The molecule has 0 heterocycles. The van der Waals surface area contributed by atoms with Crippen LogP contribution in [0, 0.1) is 20.8 Å². The summed E-state index contributed by atoms with van der Waals surface area (Å²) in [6.07, 6.45) is 0. The van der Waals surface area contributed by atoms with Crippen LogP contribution in [0.1, 0.15) is 27.0 Å². The summed E-state index contributed by atoms with van der Waals surface area (Å²) in [5.74, 6) is 0. The summed E-state index contributed by atoms with van der Waals surface area (Å²) < 4.78 is 25.1. The molecule has 2 rings (SSSR count). The van der Waals surface area contributed by atoms with Gasteiger partial charge in [0.05, 0.1) is 19.8 Å². The van der Waals surface area contributed by atoms with Crippen LogP contribution in [0.4, 0.5) is 0 Å². The first kappa shape index (κ1) is 22.5. The topological polar surface area (TPSA) is 55.8 Å². The van der Waals surface area contributed by atoms with E-state index in [1.54, 1.807) is 24.3 Å². The molecule has 0 N–H and O–H groups in total. The van der Waals surface area contributed by atoms with Crippen LogP contribution >= 0.6 is 7.37 Å². The second-order valence-electron chi connectivity index (χ2n) is 7.21. The van der Waals surface area contributed by atoms with Crippen molar-refractivity contribution in [3.05, 3.63) is 64.7 Å². The van der Waals surface area contributed by atoms with Gasteiger partial charge in [-0.2, -0.15) is 0 Å². The third kappa shape index (κ3) is 5.62. The third-order valence-electron chi connectivity index (χ3n) is 4.44. The Balaban J connectivity index is 2.25. The Kier molecular flexibility index (Phi) is 8.14. The van der Waals surface area contributed by atoms with Gasteiger partial charge in [-0.3, -0.25) is 9.36 Å². The maximum atomic E-state index is 13.8. The second kappa shape index (κ2) is 10.1. The monoisotopic (exact) mass is 403 g/mol. The number of nitrogens with zero attached hydrogens (tertiary/aromatic N) is 1. The molecule has 1 atom stereocenters. The average Bonchev–Trinajstić information content (AvgIpc) is 2.64. The van der Waals surface area contributed by atoms with Crippen LogP contribution in [0.15, 0.2) is 42.5 Å². The summed E-state index contributed by atoms with van der Waals surface area (Å²) in [5, 5.41) is 0.410. The van der Waals surface area contributed by atoms with Crippen LogP contribution in [-0.2, 0) is 13.8 Å². The molecule has 2 aromatic carbocycles. The minimum absolute atomic E-state index is 0.0926. The highest BCUT2D eigenvalue weighted by molar-refractivity contribution is 7.83. The number of hydrogen-bond donors (Lipinski definition) is 0. The van der Waals surface area contributed by atoms with E-state index in [2.05, 4.69) is 0 Å². The van der Waals surface area contributed by atoms with Crippen molar-refractivity contribution in [3.8, 4) is 0 Å². The predicted molar refractivity (Wildman–Crippen MR) is 114 cm³/mol. The van der Waals surface area contributed by atoms with E-state index in [4.69, 9.17) is 9.26 Å². The smallest absolute Gasteiger partial charge is 0.300 e. The van der Waals surface area contributed by atoms with Gasteiger partial charge in [-0.25, -0.2) is 0 Å². The fourth-order valence-electron chi connectivity index (χ4n) is 3.11. The molecule has 0 aromatic heterocycles. The van der Waals surface area contributed by atoms with Crippen LogP contribution in [0.25, 0.3) is 0 Å². The molecule has 0 aliphatic carbocycles. The standard InChI is InChI=1S/C22H30NO4P/c1-17-15-18(2)21(19(3)16-17)22(24)28(25,20-9-7-6-8-10-20)27-14-13-26-12-11-23(4)5/h6-10,15-16H,11-14H2,1-5H3. The lowest BCUT2D eigenvalue weighted by atomic mass is 10.0. The number of likely N-dealkylation sites (N-methyl/N-ethyl adjacent to an activating group) is 1. The van der Waals surface area contributed by atoms with Gasteiger partial charge in [0.25, 0.3) is 5.52 Å². The largest absolute Gasteiger partial charge is 0.378 e. The first-order chi connectivity index (χ1) is 13.3. The van der Waals surface area contributed by atoms with Crippen molar-refractivity contribution in [1.82, 2.24) is 4.90 Å². The van der Waals surface area contributed by atoms with E-state index in [1.165, 1.54) is 0 Å². The molecule has 0 bridgehead atoms. The molecule has 6 heteroatoms. The van der Waals surface area contributed by atoms with Gasteiger partial charge in [0.2, 0.25) is 0 Å². The lowest BCUT2D eigenvalue weighted by Gasteiger charge is -2.20. The molecular formula is C22H30NO4P. The van der Waals surface area contributed by atoms with Crippen molar-refractivity contribution >= 4 is 18.2 Å². The van der Waals surface area contributed by atoms with Crippen LogP contribution in [-0.4, -0.2) is 50.9 Å². The lowest BCUT2D eigenvalue weighted by Crippen LogP contribution is -2.21. The van der Waals surface area contributed by atoms with Crippen molar-refractivity contribution < 1.29 is 18.6 Å². The van der Waals surface area contributed by atoms with Gasteiger partial charge >= 0.3 is 7.37 Å². The Labute approximate surface area is 168 Å². The normalized spacial score (nSPS) is 13.5. The summed E-state index contributed by atoms with van der Waals surface area (Å²) >= 11 is 0. The number of ether oxygens (including phenoxy) is 1. The molecule has 0 saturated carbocycles. The Morgan fingerprint density at radius 2 is 1.57 bits per heavy atom. The Morgan fingerprint density at radius 1 is 0.964 bits per heavy atom. The minimum atomic E-state index is -3.75. The quantitative estimate of drug-likeness (QED) is 0.444. The van der Waals surface area contributed by atoms with Crippen molar-refractivity contribution in [2.24, 2.45) is 0 Å². The minimum Gasteiger partial charge on any atom is -0.378 e. The zero-order valence-corrected chi connectivity index (χ0v) is 18.3. The van der Waals surface area contributed by atoms with Crippen LogP contribution in [0.3, 0.4) is 0 Å². The van der Waals surface area contributed by atoms with Crippen molar-refractivity contribution in [2.45, 2.75) is 20.8 Å². The molecule has 0 aliphatic rings. The molecule has 0 fully saturated rings. The molecule has 0 spiro atoms. The maximum absolute atomic E-state index is 13.8. The van der Waals surface area contributed by atoms with E-state index in [1.807, 2.05) is 58.0 Å². The number of aryl methyl sites for hydroxylation is 3. The summed E-state index contributed by atoms with van der Waals surface area (Å²) in [5.41, 5.74) is 2.71. The van der Waals surface area contributed by atoms with Crippen LogP contribution in [0.5, 0.6) is 0 Å². The van der Waals surface area contributed by atoms with E-state index in [-0.39, 0.29) is 13.2 Å². The maximum Gasteiger partial charge on any atom is 0.300 e. The fraction of sp³-hybridized carbons (Fsp3) is 0.409. The van der Waals surface area contributed by atoms with E-state index in [0.29, 0.717) is 17.5 Å². The van der Waals surface area contributed by atoms with E-state index < -0.39 is 12.9 Å². The summed E-state index contributed by atoms with van der Waals surface area (Å²) in [6.45, 7) is 7.43. The van der Waals surface area contributed by atoms with Gasteiger partial charge in [-0.15, -0.1) is 0 Å². The zero-order valence-electron chi connectivity index (χ0n) is 17.4. The highest BCUT2D eigenvalue weighted by Gasteiger charge is 2.37. The summed E-state index contributed by atoms with van der Waals surface area (Å²) in [6, 6.07) is 12.6. The average molecular weight is 403 g/mol. The van der Waals surface area contributed by atoms with Gasteiger partial charge in [0.1, 0.15) is 0 Å². The molecule has 0 saturated heterocycles. The number of rotatable bonds is 10. The fourth-order valence-corrected chi connectivity index (χ4v) is 5.16. The molecule has 5 nitrogen and oxygen atoms in total. The van der Waals surface area contributed by atoms with Gasteiger partial charge in [-0.1, -0.05) is 35.9 Å². The predicted octanol–water partition coefficient (Wildman–Crippen LogP) is 3.95. The highest BCUT2D eigenvalue weighted by atomic mass is 31.2. The van der Waals surface area contributed by atoms with Crippen LogP contribution < -0.4 is 5.30 Å². The SMILES string of the molecule is Cc1cc(C)c(C(=O)P(=O)(OCCOCCN(C)C)c2ccccc2)c(C)c1. The molecule has 0 amide bonds. The molecule has 2 aromatic rings. The van der Waals surface area contributed by atoms with Crippen LogP contribution in [0.2, 0.25) is 0 Å². The number of hydrogen-bond acceptors (Lipinski definition) is 5. The Morgan fingerprint density at radius 3 is 2.14 bits per heavy atom. The molecular weight excluding hydrogens is 373 g/mol. The zero-order chi connectivity index (χ0) is 20.7. The van der Waals surface area contributed by atoms with Crippen molar-refractivity contribution in [1.29, 1.82) is 0 Å². The number of carbonyl (C=O) groups excluding carboxylic acids is 1. The van der Waals surface area contributed by atoms with E-state index >= 15 is 0 Å². The number of benzene rings is 2. The molecule has 0 radical (unpaired) electrons. The first-order valence-corrected chi connectivity index (χ1v) is 11.0. The lowest BCUT2D eigenvalue weighted by molar-refractivity contribution is 0.0873. The van der Waals surface area contributed by atoms with Gasteiger partial charge in [0, 0.05) is 17.4 Å². The highest BCUT2D eigenvalue weighted by Crippen LogP contribution is 2.50. The number of carbonyl (C=O) groups is 1. The Hall–Kier alpha value is -1.78. The Bertz CT molecular complexity index is 826. The first-order valence-electron chi connectivity index (χ1n) is 9.41. The molecule has 28 heavy (non-hydrogen) atoms. The van der Waals surface area contributed by atoms with E-state index in [9.17, 15) is 9.36 Å². The van der Waals surface area contributed by atoms with Crippen molar-refractivity contribution in [3.63, 3.8) is 0 Å². The van der Waals surface area contributed by atoms with E-state index in [0.717, 1.165) is 23.2 Å². The molecule has 1 unspecified atom stereocenters. The third-order valence-corrected chi connectivity index (χ3v) is 6.72. The van der Waals surface area contributed by atoms with Gasteiger partial charge < -0.3 is 14.2 Å². The van der Waals surface area contributed by atoms with Crippen molar-refractivity contribution in [2.75, 3.05) is 40.5 Å². The summed E-state index contributed by atoms with van der Waals surface area (Å²) in [4.78, 5) is 15.4. The molecule has 152 valence electrons. The van der Waals surface area contributed by atoms with Gasteiger partial charge in [0.15, 0.2) is 0 Å². The summed E-state index contributed by atoms with van der Waals surface area (Å²) in [7, 11) is 0.183.